The molecule has 0 aromatic carbocycles. The van der Waals surface area contributed by atoms with Crippen LogP contribution in [0.3, 0.4) is 0 Å². The summed E-state index contributed by atoms with van der Waals surface area (Å²) in [4.78, 5) is 3.48. The second kappa shape index (κ2) is 3.98. The summed E-state index contributed by atoms with van der Waals surface area (Å²) in [5.74, 6) is -15.3. The molecule has 0 bridgehead atoms. The Bertz CT molecular complexity index is 535. The number of rotatable bonds is 2. The molecule has 2 rings (SSSR count). The van der Waals surface area contributed by atoms with E-state index in [9.17, 15) is 26.3 Å². The molecule has 1 nitrogen and oxygen atoms in total. The molecule has 0 aliphatic heterocycles. The summed E-state index contributed by atoms with van der Waals surface area (Å²) in [7, 11) is 0. The van der Waals surface area contributed by atoms with E-state index >= 15 is 0 Å². The van der Waals surface area contributed by atoms with E-state index in [1.54, 1.807) is 6.92 Å². The van der Waals surface area contributed by atoms with Gasteiger partial charge in [0.05, 0.1) is 11.3 Å². The van der Waals surface area contributed by atoms with Crippen LogP contribution in [0.1, 0.15) is 18.2 Å². The van der Waals surface area contributed by atoms with Gasteiger partial charge in [-0.15, -0.1) is 0 Å². The molecule has 0 radical (unpaired) electrons. The van der Waals surface area contributed by atoms with Crippen molar-refractivity contribution in [2.24, 2.45) is 0 Å². The van der Waals surface area contributed by atoms with Crippen molar-refractivity contribution in [1.82, 2.24) is 4.98 Å². The molecule has 1 heterocycles. The Morgan fingerprint density at radius 1 is 1.11 bits per heavy atom. The highest BCUT2D eigenvalue weighted by atomic mass is 19.3. The molecule has 104 valence electrons. The van der Waals surface area contributed by atoms with Crippen molar-refractivity contribution in [2.75, 3.05) is 0 Å². The van der Waals surface area contributed by atoms with Gasteiger partial charge in [0.15, 0.2) is 0 Å². The van der Waals surface area contributed by atoms with Crippen molar-refractivity contribution < 1.29 is 26.3 Å². The maximum absolute atomic E-state index is 13.5. The number of aromatic nitrogens is 1. The smallest absolute Gasteiger partial charge is 0.256 e. The highest BCUT2D eigenvalue weighted by molar-refractivity contribution is 5.74. The van der Waals surface area contributed by atoms with Gasteiger partial charge in [-0.1, -0.05) is 6.92 Å². The molecule has 1 aromatic heterocycles. The highest BCUT2D eigenvalue weighted by Gasteiger charge is 2.77. The van der Waals surface area contributed by atoms with Gasteiger partial charge in [-0.2, -0.15) is 26.3 Å². The second-order valence-electron chi connectivity index (χ2n) is 4.23. The standard InChI is InChI=1S/C12H9F6N/c1-2-7-3-4-19-9(5-7)8-6-10(13,14)12(17,18)11(8,15)16/h3-6H,2H2,1H3. The summed E-state index contributed by atoms with van der Waals surface area (Å²) >= 11 is 0. The molecule has 0 spiro atoms. The van der Waals surface area contributed by atoms with Crippen LogP contribution in [0.4, 0.5) is 26.3 Å². The normalized spacial score (nSPS) is 23.2. The number of hydrogen-bond acceptors (Lipinski definition) is 1. The van der Waals surface area contributed by atoms with Gasteiger partial charge in [0, 0.05) is 12.3 Å². The molecule has 1 aliphatic rings. The van der Waals surface area contributed by atoms with Gasteiger partial charge in [0.1, 0.15) is 0 Å². The monoisotopic (exact) mass is 281 g/mol. The van der Waals surface area contributed by atoms with E-state index in [1.807, 2.05) is 0 Å². The van der Waals surface area contributed by atoms with E-state index in [-0.39, 0.29) is 0 Å². The van der Waals surface area contributed by atoms with Crippen LogP contribution >= 0.6 is 0 Å². The Balaban J connectivity index is 2.56. The Morgan fingerprint density at radius 2 is 1.74 bits per heavy atom. The number of halogens is 6. The molecule has 1 aliphatic carbocycles. The van der Waals surface area contributed by atoms with Gasteiger partial charge >= 0.3 is 17.8 Å². The minimum atomic E-state index is -5.45. The predicted molar refractivity (Wildman–Crippen MR) is 56.4 cm³/mol. The van der Waals surface area contributed by atoms with Crippen LogP contribution in [0.15, 0.2) is 24.4 Å². The zero-order valence-electron chi connectivity index (χ0n) is 9.73. The van der Waals surface area contributed by atoms with E-state index in [0.29, 0.717) is 12.0 Å². The first kappa shape index (κ1) is 13.9. The Kier molecular flexibility index (Phi) is 2.91. The van der Waals surface area contributed by atoms with Gasteiger partial charge in [-0.25, -0.2) is 0 Å². The zero-order valence-corrected chi connectivity index (χ0v) is 9.73. The summed E-state index contributed by atoms with van der Waals surface area (Å²) < 4.78 is 79.0. The van der Waals surface area contributed by atoms with Crippen molar-refractivity contribution in [3.05, 3.63) is 35.7 Å². The minimum absolute atomic E-state index is 0.394. The lowest BCUT2D eigenvalue weighted by atomic mass is 10.0. The maximum Gasteiger partial charge on any atom is 0.380 e. The molecule has 0 amide bonds. The first-order valence-corrected chi connectivity index (χ1v) is 5.45. The Morgan fingerprint density at radius 3 is 2.21 bits per heavy atom. The molecular weight excluding hydrogens is 272 g/mol. The van der Waals surface area contributed by atoms with Crippen molar-refractivity contribution in [3.63, 3.8) is 0 Å². The maximum atomic E-state index is 13.5. The number of allylic oxidation sites excluding steroid dienone is 2. The largest absolute Gasteiger partial charge is 0.380 e. The van der Waals surface area contributed by atoms with Gasteiger partial charge in [0.2, 0.25) is 0 Å². The molecule has 1 aromatic rings. The molecule has 0 saturated carbocycles. The van der Waals surface area contributed by atoms with Crippen molar-refractivity contribution >= 4 is 5.57 Å². The van der Waals surface area contributed by atoms with Crippen LogP contribution in [-0.2, 0) is 6.42 Å². The highest BCUT2D eigenvalue weighted by Crippen LogP contribution is 2.58. The summed E-state index contributed by atoms with van der Waals surface area (Å²) in [6, 6.07) is 2.60. The third-order valence-electron chi connectivity index (χ3n) is 2.99. The van der Waals surface area contributed by atoms with Crippen LogP contribution in [-0.4, -0.2) is 22.8 Å². The fraction of sp³-hybridized carbons (Fsp3) is 0.417. The van der Waals surface area contributed by atoms with Crippen molar-refractivity contribution in [2.45, 2.75) is 31.1 Å². The Labute approximate surface area is 105 Å². The first-order valence-electron chi connectivity index (χ1n) is 5.45. The van der Waals surface area contributed by atoms with Crippen molar-refractivity contribution in [3.8, 4) is 0 Å². The first-order chi connectivity index (χ1) is 8.63. The van der Waals surface area contributed by atoms with Crippen molar-refractivity contribution in [1.29, 1.82) is 0 Å². The minimum Gasteiger partial charge on any atom is -0.256 e. The molecular formula is C12H9F6N. The lowest BCUT2D eigenvalue weighted by Gasteiger charge is -2.25. The van der Waals surface area contributed by atoms with Crippen LogP contribution in [0.5, 0.6) is 0 Å². The fourth-order valence-corrected chi connectivity index (χ4v) is 1.82. The SMILES string of the molecule is CCc1ccnc(C2=CC(F)(F)C(F)(F)C2(F)F)c1. The van der Waals surface area contributed by atoms with Gasteiger partial charge in [-0.3, -0.25) is 4.98 Å². The lowest BCUT2D eigenvalue weighted by Crippen LogP contribution is -2.48. The third-order valence-corrected chi connectivity index (χ3v) is 2.99. The number of pyridine rings is 1. The number of nitrogens with zero attached hydrogens (tertiary/aromatic N) is 1. The topological polar surface area (TPSA) is 12.9 Å². The summed E-state index contributed by atoms with van der Waals surface area (Å²) in [5, 5.41) is 0. The number of hydrogen-bond donors (Lipinski definition) is 0. The second-order valence-corrected chi connectivity index (χ2v) is 4.23. The van der Waals surface area contributed by atoms with Crippen LogP contribution in [0.2, 0.25) is 0 Å². The molecule has 0 N–H and O–H groups in total. The molecule has 0 saturated heterocycles. The molecule has 19 heavy (non-hydrogen) atoms. The quantitative estimate of drug-likeness (QED) is 0.748. The Hall–Kier alpha value is -1.53. The average molecular weight is 281 g/mol. The lowest BCUT2D eigenvalue weighted by molar-refractivity contribution is -0.257. The van der Waals surface area contributed by atoms with Gasteiger partial charge < -0.3 is 0 Å². The fourth-order valence-electron chi connectivity index (χ4n) is 1.82. The predicted octanol–water partition coefficient (Wildman–Crippen LogP) is 3.95. The summed E-state index contributed by atoms with van der Waals surface area (Å²) in [6.07, 6.45) is 1.18. The number of alkyl halides is 6. The van der Waals surface area contributed by atoms with Crippen LogP contribution in [0.25, 0.3) is 5.57 Å². The van der Waals surface area contributed by atoms with Crippen LogP contribution < -0.4 is 0 Å². The molecule has 0 atom stereocenters. The van der Waals surface area contributed by atoms with E-state index in [2.05, 4.69) is 4.98 Å². The molecule has 0 unspecified atom stereocenters. The zero-order chi connectivity index (χ0) is 14.5. The summed E-state index contributed by atoms with van der Waals surface area (Å²) in [6.45, 7) is 1.71. The molecule has 0 fully saturated rings. The van der Waals surface area contributed by atoms with Crippen LogP contribution in [0, 0.1) is 0 Å². The summed E-state index contributed by atoms with van der Waals surface area (Å²) in [5.41, 5.74) is -1.45. The van der Waals surface area contributed by atoms with E-state index in [4.69, 9.17) is 0 Å². The number of aryl methyl sites for hydroxylation is 1. The average Bonchev–Trinajstić information content (AvgIpc) is 2.47. The van der Waals surface area contributed by atoms with E-state index < -0.39 is 35.1 Å². The van der Waals surface area contributed by atoms with E-state index in [0.717, 1.165) is 12.3 Å². The van der Waals surface area contributed by atoms with Gasteiger partial charge in [-0.05, 0) is 24.1 Å². The van der Waals surface area contributed by atoms with Gasteiger partial charge in [0.25, 0.3) is 0 Å². The van der Waals surface area contributed by atoms with E-state index in [1.165, 1.54) is 6.07 Å². The third kappa shape index (κ3) is 1.82. The molecule has 7 heteroatoms.